The lowest BCUT2D eigenvalue weighted by molar-refractivity contribution is -0.149. The Balaban J connectivity index is 1.95. The summed E-state index contributed by atoms with van der Waals surface area (Å²) < 4.78 is 31.3. The highest BCUT2D eigenvalue weighted by molar-refractivity contribution is 5.79. The third-order valence-corrected chi connectivity index (χ3v) is 4.38. The number of carbonyl (C=O) groups is 2. The molecule has 0 heterocycles. The zero-order chi connectivity index (χ0) is 17.9. The maximum Gasteiger partial charge on any atom is 0.302 e. The van der Waals surface area contributed by atoms with Gasteiger partial charge >= 0.3 is 5.97 Å². The topological polar surface area (TPSA) is 72.6 Å². The lowest BCUT2D eigenvalue weighted by Gasteiger charge is -2.38. The number of benzene rings is 1. The van der Waals surface area contributed by atoms with Crippen molar-refractivity contribution in [2.24, 2.45) is 5.73 Å². The van der Waals surface area contributed by atoms with Crippen molar-refractivity contribution in [2.45, 2.75) is 50.8 Å². The van der Waals surface area contributed by atoms with E-state index in [1.807, 2.05) is 0 Å². The summed E-state index contributed by atoms with van der Waals surface area (Å²) in [6.07, 6.45) is 1.51. The van der Waals surface area contributed by atoms with Crippen LogP contribution in [-0.2, 0) is 20.7 Å². The SMILES string of the molecule is CC(=O)OC1CCC(N(C)C(=O)Cc2ccc(F)c(F)c2)C(N)C1. The molecule has 0 aliphatic heterocycles. The number of halogens is 2. The van der Waals surface area contributed by atoms with Crippen LogP contribution in [0.15, 0.2) is 18.2 Å². The number of hydrogen-bond donors (Lipinski definition) is 1. The largest absolute Gasteiger partial charge is 0.463 e. The van der Waals surface area contributed by atoms with Crippen molar-refractivity contribution in [3.8, 4) is 0 Å². The summed E-state index contributed by atoms with van der Waals surface area (Å²) in [5, 5.41) is 0. The summed E-state index contributed by atoms with van der Waals surface area (Å²) in [5.74, 6) is -2.47. The summed E-state index contributed by atoms with van der Waals surface area (Å²) >= 11 is 0. The first-order valence-corrected chi connectivity index (χ1v) is 7.90. The summed E-state index contributed by atoms with van der Waals surface area (Å²) in [6, 6.07) is 2.95. The summed E-state index contributed by atoms with van der Waals surface area (Å²) in [5.41, 5.74) is 6.54. The lowest BCUT2D eigenvalue weighted by Crippen LogP contribution is -2.53. The van der Waals surface area contributed by atoms with Gasteiger partial charge in [0.1, 0.15) is 6.10 Å². The number of hydrogen-bond acceptors (Lipinski definition) is 4. The van der Waals surface area contributed by atoms with E-state index in [4.69, 9.17) is 10.5 Å². The second kappa shape index (κ2) is 7.70. The number of nitrogens with zero attached hydrogens (tertiary/aromatic N) is 1. The number of nitrogens with two attached hydrogens (primary N) is 1. The molecule has 1 aromatic rings. The predicted octanol–water partition coefficient (Wildman–Crippen LogP) is 1.78. The molecule has 5 nitrogen and oxygen atoms in total. The minimum Gasteiger partial charge on any atom is -0.463 e. The summed E-state index contributed by atoms with van der Waals surface area (Å²) in [6.45, 7) is 1.36. The van der Waals surface area contributed by atoms with Crippen LogP contribution in [0.25, 0.3) is 0 Å². The van der Waals surface area contributed by atoms with E-state index >= 15 is 0 Å². The third-order valence-electron chi connectivity index (χ3n) is 4.38. The molecule has 0 aromatic heterocycles. The molecular weight excluding hydrogens is 318 g/mol. The van der Waals surface area contributed by atoms with Gasteiger partial charge in [0.2, 0.25) is 5.91 Å². The fourth-order valence-corrected chi connectivity index (χ4v) is 3.11. The molecule has 1 amide bonds. The fraction of sp³-hybridized carbons (Fsp3) is 0.529. The van der Waals surface area contributed by atoms with Crippen LogP contribution in [0.1, 0.15) is 31.7 Å². The lowest BCUT2D eigenvalue weighted by atomic mass is 9.87. The van der Waals surface area contributed by atoms with Gasteiger partial charge in [-0.25, -0.2) is 8.78 Å². The van der Waals surface area contributed by atoms with Gasteiger partial charge in [-0.2, -0.15) is 0 Å². The molecule has 0 spiro atoms. The van der Waals surface area contributed by atoms with E-state index in [1.54, 1.807) is 11.9 Å². The van der Waals surface area contributed by atoms with Gasteiger partial charge in [0, 0.05) is 32.5 Å². The molecule has 1 fully saturated rings. The van der Waals surface area contributed by atoms with Gasteiger partial charge in [0.25, 0.3) is 0 Å². The highest BCUT2D eigenvalue weighted by Crippen LogP contribution is 2.24. The monoisotopic (exact) mass is 340 g/mol. The molecule has 0 radical (unpaired) electrons. The Morgan fingerprint density at radius 1 is 1.29 bits per heavy atom. The van der Waals surface area contributed by atoms with Crippen molar-refractivity contribution in [3.05, 3.63) is 35.4 Å². The van der Waals surface area contributed by atoms with Crippen molar-refractivity contribution in [2.75, 3.05) is 7.05 Å². The van der Waals surface area contributed by atoms with Crippen molar-refractivity contribution in [1.29, 1.82) is 0 Å². The third kappa shape index (κ3) is 4.50. The molecule has 132 valence electrons. The molecular formula is C17H22F2N2O3. The predicted molar refractivity (Wildman–Crippen MR) is 84.0 cm³/mol. The number of amides is 1. The average molecular weight is 340 g/mol. The maximum atomic E-state index is 13.2. The van der Waals surface area contributed by atoms with Crippen LogP contribution >= 0.6 is 0 Å². The van der Waals surface area contributed by atoms with Gasteiger partial charge in [-0.15, -0.1) is 0 Å². The molecule has 2 N–H and O–H groups in total. The van der Waals surface area contributed by atoms with E-state index in [9.17, 15) is 18.4 Å². The Morgan fingerprint density at radius 2 is 2.00 bits per heavy atom. The molecule has 7 heteroatoms. The van der Waals surface area contributed by atoms with E-state index in [1.165, 1.54) is 13.0 Å². The highest BCUT2D eigenvalue weighted by Gasteiger charge is 2.33. The number of likely N-dealkylation sites (N-methyl/N-ethyl adjacent to an activating group) is 1. The van der Waals surface area contributed by atoms with Crippen LogP contribution in [0.4, 0.5) is 8.78 Å². The van der Waals surface area contributed by atoms with E-state index in [0.29, 0.717) is 24.8 Å². The van der Waals surface area contributed by atoms with E-state index in [0.717, 1.165) is 12.1 Å². The van der Waals surface area contributed by atoms with Gasteiger partial charge in [-0.3, -0.25) is 9.59 Å². The normalized spacial score (nSPS) is 23.6. The van der Waals surface area contributed by atoms with Crippen LogP contribution < -0.4 is 5.73 Å². The van der Waals surface area contributed by atoms with Gasteiger partial charge in [0.05, 0.1) is 6.42 Å². The first kappa shape index (κ1) is 18.3. The van der Waals surface area contributed by atoms with E-state index < -0.39 is 11.6 Å². The van der Waals surface area contributed by atoms with E-state index in [2.05, 4.69) is 0 Å². The molecule has 1 aliphatic carbocycles. The first-order valence-electron chi connectivity index (χ1n) is 7.90. The second-order valence-electron chi connectivity index (χ2n) is 6.21. The highest BCUT2D eigenvalue weighted by atomic mass is 19.2. The molecule has 1 saturated carbocycles. The fourth-order valence-electron chi connectivity index (χ4n) is 3.11. The van der Waals surface area contributed by atoms with Crippen LogP contribution in [-0.4, -0.2) is 42.0 Å². The smallest absolute Gasteiger partial charge is 0.302 e. The Hall–Kier alpha value is -2.02. The quantitative estimate of drug-likeness (QED) is 0.848. The number of rotatable bonds is 4. The molecule has 1 aliphatic rings. The van der Waals surface area contributed by atoms with Crippen molar-refractivity contribution in [3.63, 3.8) is 0 Å². The number of carbonyl (C=O) groups excluding carboxylic acids is 2. The van der Waals surface area contributed by atoms with Crippen molar-refractivity contribution in [1.82, 2.24) is 4.90 Å². The Labute approximate surface area is 139 Å². The van der Waals surface area contributed by atoms with Gasteiger partial charge in [0.15, 0.2) is 11.6 Å². The molecule has 2 rings (SSSR count). The Morgan fingerprint density at radius 3 is 2.58 bits per heavy atom. The van der Waals surface area contributed by atoms with Crippen LogP contribution in [0.3, 0.4) is 0 Å². The first-order chi connectivity index (χ1) is 11.3. The second-order valence-corrected chi connectivity index (χ2v) is 6.21. The van der Waals surface area contributed by atoms with Gasteiger partial charge in [-0.05, 0) is 30.5 Å². The van der Waals surface area contributed by atoms with Crippen molar-refractivity contribution < 1.29 is 23.1 Å². The minimum absolute atomic E-state index is 0.0235. The van der Waals surface area contributed by atoms with E-state index in [-0.39, 0.29) is 36.5 Å². The summed E-state index contributed by atoms with van der Waals surface area (Å²) in [4.78, 5) is 24.9. The maximum absolute atomic E-state index is 13.2. The average Bonchev–Trinajstić information content (AvgIpc) is 2.50. The standard InChI is InChI=1S/C17H22F2N2O3/c1-10(22)24-12-4-6-16(15(20)9-12)21(2)17(23)8-11-3-5-13(18)14(19)7-11/h3,5,7,12,15-16H,4,6,8-9,20H2,1-2H3. The molecule has 3 atom stereocenters. The molecule has 24 heavy (non-hydrogen) atoms. The Kier molecular flexibility index (Phi) is 5.88. The summed E-state index contributed by atoms with van der Waals surface area (Å²) in [7, 11) is 1.65. The molecule has 1 aromatic carbocycles. The Bertz CT molecular complexity index is 624. The van der Waals surface area contributed by atoms with Crippen molar-refractivity contribution >= 4 is 11.9 Å². The van der Waals surface area contributed by atoms with Gasteiger partial charge < -0.3 is 15.4 Å². The zero-order valence-electron chi connectivity index (χ0n) is 13.8. The molecule has 0 bridgehead atoms. The minimum atomic E-state index is -0.971. The molecule has 0 saturated heterocycles. The number of ether oxygens (including phenoxy) is 1. The number of esters is 1. The van der Waals surface area contributed by atoms with Crippen LogP contribution in [0.5, 0.6) is 0 Å². The zero-order valence-corrected chi connectivity index (χ0v) is 13.8. The molecule has 3 unspecified atom stereocenters. The van der Waals surface area contributed by atoms with Crippen LogP contribution in [0, 0.1) is 11.6 Å². The van der Waals surface area contributed by atoms with Gasteiger partial charge in [-0.1, -0.05) is 6.07 Å². The van der Waals surface area contributed by atoms with Crippen LogP contribution in [0.2, 0.25) is 0 Å².